The van der Waals surface area contributed by atoms with E-state index in [2.05, 4.69) is 19.9 Å². The Morgan fingerprint density at radius 2 is 1.79 bits per heavy atom. The second-order valence-electron chi connectivity index (χ2n) is 10.3. The van der Waals surface area contributed by atoms with Gasteiger partial charge < -0.3 is 10.2 Å². The topological polar surface area (TPSA) is 108 Å². The predicted molar refractivity (Wildman–Crippen MR) is 140 cm³/mol. The minimum atomic E-state index is -4.95. The molecule has 3 heterocycles. The lowest BCUT2D eigenvalue weighted by Gasteiger charge is -2.37. The molecule has 42 heavy (non-hydrogen) atoms. The number of anilines is 2. The van der Waals surface area contributed by atoms with E-state index in [0.29, 0.717) is 0 Å². The molecule has 2 saturated heterocycles. The van der Waals surface area contributed by atoms with Crippen LogP contribution in [0.4, 0.5) is 42.2 Å². The normalized spacial score (nSPS) is 20.2. The molecule has 0 spiro atoms. The summed E-state index contributed by atoms with van der Waals surface area (Å²) in [6, 6.07) is 5.26. The van der Waals surface area contributed by atoms with E-state index in [0.717, 1.165) is 18.1 Å². The van der Waals surface area contributed by atoms with Crippen molar-refractivity contribution in [3.63, 3.8) is 0 Å². The van der Waals surface area contributed by atoms with E-state index >= 15 is 0 Å². The number of halogens is 7. The third-order valence-corrected chi connectivity index (χ3v) is 8.47. The number of likely N-dealkylation sites (tertiary alicyclic amines) is 1. The van der Waals surface area contributed by atoms with Gasteiger partial charge in [0.2, 0.25) is 5.92 Å². The predicted octanol–water partition coefficient (Wildman–Crippen LogP) is 4.86. The van der Waals surface area contributed by atoms with Gasteiger partial charge in [-0.25, -0.2) is 21.8 Å². The molecule has 9 nitrogen and oxygen atoms in total. The van der Waals surface area contributed by atoms with Crippen LogP contribution in [0.15, 0.2) is 33.5 Å². The van der Waals surface area contributed by atoms with Gasteiger partial charge in [-0.15, -0.1) is 10.2 Å². The van der Waals surface area contributed by atoms with Gasteiger partial charge in [0.1, 0.15) is 0 Å². The SMILES string of the molecule is Cc1c(C(F)(F)F)nnc(N2CCCC(F)(F)CC2)c1C(=O)Nc1cccc([S@@](C)(=O)=NC(=O)CN2CC(F)(F)C2)c1.[HH]. The Morgan fingerprint density at radius 1 is 1.10 bits per heavy atom. The van der Waals surface area contributed by atoms with Gasteiger partial charge in [0.15, 0.2) is 11.5 Å². The standard InChI is InChI=1S/C25H27F7N6O3S.H2/c1-15-19(21(35-34-20(15)25(30,31)32)38-9-4-7-23(26,27)8-10-38)22(40)33-16-5-3-6-17(11-16)42(2,41)36-18(39)12-37-13-24(28,29)14-37;/h3,5-6,11H,4,7-10,12-14H2,1-2H3,(H,33,40);1H/t42-;/m1./s1. The Hall–Kier alpha value is -3.34. The lowest BCUT2D eigenvalue weighted by Crippen LogP contribution is -2.57. The van der Waals surface area contributed by atoms with E-state index in [1.807, 2.05) is 0 Å². The summed E-state index contributed by atoms with van der Waals surface area (Å²) < 4.78 is 112. The zero-order chi connectivity index (χ0) is 31.1. The molecule has 1 aromatic heterocycles. The fraction of sp³-hybridized carbons (Fsp3) is 0.520. The van der Waals surface area contributed by atoms with Crippen LogP contribution in [0, 0.1) is 6.92 Å². The third-order valence-electron chi connectivity index (χ3n) is 6.79. The molecule has 0 unspecified atom stereocenters. The first-order valence-corrected chi connectivity index (χ1v) is 14.6. The van der Waals surface area contributed by atoms with Gasteiger partial charge in [-0.05, 0) is 37.1 Å². The molecule has 0 radical (unpaired) electrons. The fourth-order valence-electron chi connectivity index (χ4n) is 4.74. The summed E-state index contributed by atoms with van der Waals surface area (Å²) in [5, 5.41) is 9.28. The zero-order valence-electron chi connectivity index (χ0n) is 22.5. The lowest BCUT2D eigenvalue weighted by atomic mass is 10.1. The summed E-state index contributed by atoms with van der Waals surface area (Å²) >= 11 is 0. The molecule has 0 aliphatic carbocycles. The van der Waals surface area contributed by atoms with Crippen molar-refractivity contribution in [1.29, 1.82) is 0 Å². The summed E-state index contributed by atoms with van der Waals surface area (Å²) in [6.07, 6.45) is -4.84. The highest BCUT2D eigenvalue weighted by Gasteiger charge is 2.44. The van der Waals surface area contributed by atoms with E-state index in [4.69, 9.17) is 0 Å². The van der Waals surface area contributed by atoms with Crippen molar-refractivity contribution >= 4 is 33.0 Å². The summed E-state index contributed by atoms with van der Waals surface area (Å²) in [5.41, 5.74) is -2.51. The van der Waals surface area contributed by atoms with Crippen molar-refractivity contribution in [2.75, 3.05) is 49.2 Å². The molecular formula is C25H29F7N6O3S. The Labute approximate surface area is 238 Å². The number of hydrogen-bond acceptors (Lipinski definition) is 7. The Morgan fingerprint density at radius 3 is 2.43 bits per heavy atom. The molecule has 2 fully saturated rings. The van der Waals surface area contributed by atoms with Crippen LogP contribution in [-0.4, -0.2) is 81.9 Å². The lowest BCUT2D eigenvalue weighted by molar-refractivity contribution is -0.143. The van der Waals surface area contributed by atoms with Crippen molar-refractivity contribution in [2.45, 2.75) is 49.1 Å². The van der Waals surface area contributed by atoms with Crippen LogP contribution in [0.3, 0.4) is 0 Å². The second-order valence-corrected chi connectivity index (χ2v) is 12.6. The molecule has 1 N–H and O–H groups in total. The Bertz CT molecular complexity index is 1510. The molecule has 17 heteroatoms. The van der Waals surface area contributed by atoms with Gasteiger partial charge in [0, 0.05) is 44.2 Å². The van der Waals surface area contributed by atoms with Gasteiger partial charge in [0.25, 0.3) is 17.7 Å². The quantitative estimate of drug-likeness (QED) is 0.457. The number of nitrogens with one attached hydrogen (secondary N) is 1. The minimum Gasteiger partial charge on any atom is -0.354 e. The summed E-state index contributed by atoms with van der Waals surface area (Å²) in [4.78, 5) is 28.1. The Balaban J connectivity index is 0.00000506. The molecule has 1 atom stereocenters. The molecule has 2 aliphatic heterocycles. The second kappa shape index (κ2) is 11.4. The first-order valence-electron chi connectivity index (χ1n) is 12.7. The maximum Gasteiger partial charge on any atom is 0.435 e. The van der Waals surface area contributed by atoms with Crippen molar-refractivity contribution in [3.05, 3.63) is 41.1 Å². The number of amides is 2. The van der Waals surface area contributed by atoms with E-state index in [9.17, 15) is 44.5 Å². The number of carbonyl (C=O) groups excluding carboxylic acids is 2. The molecule has 232 valence electrons. The van der Waals surface area contributed by atoms with Gasteiger partial charge in [-0.1, -0.05) is 6.07 Å². The number of nitrogens with zero attached hydrogens (tertiary/aromatic N) is 5. The van der Waals surface area contributed by atoms with Crippen molar-refractivity contribution in [1.82, 2.24) is 15.1 Å². The van der Waals surface area contributed by atoms with Crippen molar-refractivity contribution in [3.8, 4) is 0 Å². The highest BCUT2D eigenvalue weighted by Crippen LogP contribution is 2.36. The molecule has 0 saturated carbocycles. The number of hydrogen-bond donors (Lipinski definition) is 1. The van der Waals surface area contributed by atoms with E-state index < -0.39 is 88.9 Å². The zero-order valence-corrected chi connectivity index (χ0v) is 23.3. The smallest absolute Gasteiger partial charge is 0.354 e. The van der Waals surface area contributed by atoms with Crippen LogP contribution in [0.25, 0.3) is 0 Å². The van der Waals surface area contributed by atoms with Crippen LogP contribution in [0.5, 0.6) is 0 Å². The van der Waals surface area contributed by atoms with Crippen molar-refractivity contribution in [2.24, 2.45) is 4.36 Å². The first-order chi connectivity index (χ1) is 19.4. The van der Waals surface area contributed by atoms with Crippen LogP contribution in [0.1, 0.15) is 42.3 Å². The highest BCUT2D eigenvalue weighted by molar-refractivity contribution is 7.93. The van der Waals surface area contributed by atoms with Gasteiger partial charge in [0.05, 0.1) is 34.9 Å². The molecule has 0 bridgehead atoms. The molecular weight excluding hydrogens is 597 g/mol. The maximum atomic E-state index is 14.0. The molecule has 4 rings (SSSR count). The summed E-state index contributed by atoms with van der Waals surface area (Å²) in [7, 11) is -3.41. The number of rotatable bonds is 6. The number of benzene rings is 1. The highest BCUT2D eigenvalue weighted by atomic mass is 32.2. The first kappa shape index (κ1) is 31.6. The maximum absolute atomic E-state index is 14.0. The average molecular weight is 627 g/mol. The third kappa shape index (κ3) is 7.35. The van der Waals surface area contributed by atoms with Crippen LogP contribution in [-0.2, 0) is 20.7 Å². The van der Waals surface area contributed by atoms with Gasteiger partial charge >= 0.3 is 6.18 Å². The van der Waals surface area contributed by atoms with E-state index in [1.165, 1.54) is 29.2 Å². The van der Waals surface area contributed by atoms with Gasteiger partial charge in [-0.2, -0.15) is 17.5 Å². The number of carbonyl (C=O) groups is 2. The number of aromatic nitrogens is 2. The van der Waals surface area contributed by atoms with E-state index in [-0.39, 0.29) is 37.3 Å². The molecule has 2 aromatic rings. The number of alkyl halides is 7. The molecule has 1 aromatic carbocycles. The van der Waals surface area contributed by atoms with Crippen LogP contribution >= 0.6 is 0 Å². The van der Waals surface area contributed by atoms with E-state index in [1.54, 1.807) is 0 Å². The minimum absolute atomic E-state index is 0. The largest absolute Gasteiger partial charge is 0.435 e. The van der Waals surface area contributed by atoms with Crippen LogP contribution in [0.2, 0.25) is 0 Å². The Kier molecular flexibility index (Phi) is 8.57. The summed E-state index contributed by atoms with van der Waals surface area (Å²) in [5.74, 6) is -8.11. The monoisotopic (exact) mass is 626 g/mol. The molecule has 2 amide bonds. The average Bonchev–Trinajstić information content (AvgIpc) is 3.01. The fourth-order valence-corrected chi connectivity index (χ4v) is 5.97. The summed E-state index contributed by atoms with van der Waals surface area (Å²) in [6.45, 7) is -0.949. The van der Waals surface area contributed by atoms with Gasteiger partial charge in [-0.3, -0.25) is 14.5 Å². The molecule has 2 aliphatic rings. The van der Waals surface area contributed by atoms with Crippen molar-refractivity contribution < 1.29 is 46.0 Å². The van der Waals surface area contributed by atoms with Crippen LogP contribution < -0.4 is 10.2 Å².